The summed E-state index contributed by atoms with van der Waals surface area (Å²) in [5.41, 5.74) is 0.451. The van der Waals surface area contributed by atoms with Gasteiger partial charge in [0.25, 0.3) is 0 Å². The van der Waals surface area contributed by atoms with E-state index in [1.165, 1.54) is 7.11 Å². The Bertz CT molecular complexity index is 657. The van der Waals surface area contributed by atoms with Crippen molar-refractivity contribution in [3.8, 4) is 0 Å². The van der Waals surface area contributed by atoms with Gasteiger partial charge in [0.05, 0.1) is 26.9 Å². The van der Waals surface area contributed by atoms with Gasteiger partial charge in [-0.3, -0.25) is 9.89 Å². The topological polar surface area (TPSA) is 88.3 Å². The number of guanidine groups is 1. The van der Waals surface area contributed by atoms with E-state index in [2.05, 4.69) is 34.4 Å². The zero-order chi connectivity index (χ0) is 20.5. The smallest absolute Gasteiger partial charge is 0.341 e. The van der Waals surface area contributed by atoms with E-state index < -0.39 is 5.97 Å². The molecular weight excluding hydrogens is 487 g/mol. The predicted molar refractivity (Wildman–Crippen MR) is 124 cm³/mol. The van der Waals surface area contributed by atoms with Crippen molar-refractivity contribution in [3.63, 3.8) is 0 Å². The number of nitrogens with zero attached hydrogens (tertiary/aromatic N) is 2. The highest BCUT2D eigenvalue weighted by atomic mass is 127. The number of ether oxygens (including phenoxy) is 2. The molecule has 0 aromatic carbocycles. The highest BCUT2D eigenvalue weighted by Gasteiger charge is 2.22. The lowest BCUT2D eigenvalue weighted by Crippen LogP contribution is -2.50. The number of nitrogens with one attached hydrogen (secondary N) is 2. The van der Waals surface area contributed by atoms with E-state index in [0.717, 1.165) is 39.3 Å². The summed E-state index contributed by atoms with van der Waals surface area (Å²) >= 11 is 0. The molecule has 1 aromatic rings. The molecule has 1 atom stereocenters. The molecule has 0 saturated carbocycles. The van der Waals surface area contributed by atoms with Gasteiger partial charge in [-0.15, -0.1) is 24.0 Å². The fourth-order valence-corrected chi connectivity index (χ4v) is 3.40. The van der Waals surface area contributed by atoms with Gasteiger partial charge in [-0.2, -0.15) is 0 Å². The Morgan fingerprint density at radius 2 is 2.00 bits per heavy atom. The number of rotatable bonds is 8. The van der Waals surface area contributed by atoms with E-state index in [1.807, 2.05) is 0 Å². The van der Waals surface area contributed by atoms with Crippen LogP contribution in [0.2, 0.25) is 0 Å². The van der Waals surface area contributed by atoms with Gasteiger partial charge in [-0.05, 0) is 25.3 Å². The Labute approximate surface area is 190 Å². The van der Waals surface area contributed by atoms with Crippen LogP contribution in [-0.2, 0) is 16.0 Å². The van der Waals surface area contributed by atoms with Gasteiger partial charge < -0.3 is 24.5 Å². The lowest BCUT2D eigenvalue weighted by molar-refractivity contribution is 0.0132. The van der Waals surface area contributed by atoms with E-state index in [4.69, 9.17) is 13.9 Å². The summed E-state index contributed by atoms with van der Waals surface area (Å²) in [6.45, 7) is 11.0. The van der Waals surface area contributed by atoms with Crippen LogP contribution >= 0.6 is 24.0 Å². The normalized spacial score (nSPS) is 16.3. The minimum absolute atomic E-state index is 0. The molecule has 2 heterocycles. The summed E-state index contributed by atoms with van der Waals surface area (Å²) < 4.78 is 15.9. The molecule has 1 unspecified atom stereocenters. The van der Waals surface area contributed by atoms with Crippen LogP contribution in [0, 0.1) is 12.8 Å². The zero-order valence-corrected chi connectivity index (χ0v) is 20.4. The van der Waals surface area contributed by atoms with Gasteiger partial charge in [0, 0.05) is 32.7 Å². The summed E-state index contributed by atoms with van der Waals surface area (Å²) in [7, 11) is 3.11. The van der Waals surface area contributed by atoms with Crippen molar-refractivity contribution in [3.05, 3.63) is 23.2 Å². The Hall–Kier alpha value is -1.33. The number of carbonyl (C=O) groups is 1. The van der Waals surface area contributed by atoms with E-state index in [9.17, 15) is 4.79 Å². The number of halogens is 1. The van der Waals surface area contributed by atoms with Crippen LogP contribution in [0.1, 0.15) is 42.1 Å². The summed E-state index contributed by atoms with van der Waals surface area (Å²) in [5, 5.41) is 6.67. The van der Waals surface area contributed by atoms with Crippen LogP contribution in [0.4, 0.5) is 0 Å². The maximum atomic E-state index is 11.7. The molecule has 1 aromatic heterocycles. The second-order valence-corrected chi connectivity index (χ2v) is 7.41. The molecule has 1 saturated heterocycles. The highest BCUT2D eigenvalue weighted by molar-refractivity contribution is 14.0. The monoisotopic (exact) mass is 522 g/mol. The molecule has 1 aliphatic rings. The van der Waals surface area contributed by atoms with Crippen LogP contribution in [-0.4, -0.2) is 69.9 Å². The maximum Gasteiger partial charge on any atom is 0.341 e. The molecule has 2 N–H and O–H groups in total. The minimum Gasteiger partial charge on any atom is -0.465 e. The molecule has 0 radical (unpaired) electrons. The average molecular weight is 522 g/mol. The SMILES string of the molecule is CN=C(NCc1cc(C(=O)OC)c(C)o1)NCC(CC(C)C)N1CCOCC1.I. The van der Waals surface area contributed by atoms with Crippen molar-refractivity contribution < 1.29 is 18.7 Å². The number of aryl methyl sites for hydroxylation is 1. The van der Waals surface area contributed by atoms with E-state index in [0.29, 0.717) is 41.5 Å². The fourth-order valence-electron chi connectivity index (χ4n) is 3.40. The van der Waals surface area contributed by atoms with Gasteiger partial charge in [-0.25, -0.2) is 4.79 Å². The summed E-state index contributed by atoms with van der Waals surface area (Å²) in [6.07, 6.45) is 1.11. The molecule has 0 bridgehead atoms. The van der Waals surface area contributed by atoms with E-state index >= 15 is 0 Å². The molecule has 0 spiro atoms. The first-order valence-electron chi connectivity index (χ1n) is 9.88. The second kappa shape index (κ2) is 13.1. The molecule has 1 fully saturated rings. The standard InChI is InChI=1S/C20H34N4O4.HI/c1-14(2)10-16(24-6-8-27-9-7-24)12-22-20(21-4)23-13-17-11-18(15(3)28-17)19(25)26-5;/h11,14,16H,6-10,12-13H2,1-5H3,(H2,21,22,23);1H. The number of furan rings is 1. The van der Waals surface area contributed by atoms with E-state index in [1.54, 1.807) is 20.0 Å². The van der Waals surface area contributed by atoms with Crippen molar-refractivity contribution in [1.82, 2.24) is 15.5 Å². The number of aliphatic imine (C=N–C) groups is 1. The number of methoxy groups -OCH3 is 1. The number of esters is 1. The van der Waals surface area contributed by atoms with Crippen molar-refractivity contribution in [2.75, 3.05) is 47.0 Å². The third-order valence-electron chi connectivity index (χ3n) is 4.84. The minimum atomic E-state index is -0.392. The third kappa shape index (κ3) is 8.13. The lowest BCUT2D eigenvalue weighted by atomic mass is 10.0. The van der Waals surface area contributed by atoms with E-state index in [-0.39, 0.29) is 24.0 Å². The quantitative estimate of drug-likeness (QED) is 0.235. The summed E-state index contributed by atoms with van der Waals surface area (Å²) in [5.74, 6) is 2.14. The predicted octanol–water partition coefficient (Wildman–Crippen LogP) is 2.40. The van der Waals surface area contributed by atoms with Crippen molar-refractivity contribution in [2.24, 2.45) is 10.9 Å². The fraction of sp³-hybridized carbons (Fsp3) is 0.700. The van der Waals surface area contributed by atoms with Crippen molar-refractivity contribution in [1.29, 1.82) is 0 Å². The van der Waals surface area contributed by atoms with Gasteiger partial charge in [-0.1, -0.05) is 13.8 Å². The van der Waals surface area contributed by atoms with Crippen LogP contribution in [0.15, 0.2) is 15.5 Å². The maximum absolute atomic E-state index is 11.7. The van der Waals surface area contributed by atoms with Crippen molar-refractivity contribution >= 4 is 35.9 Å². The lowest BCUT2D eigenvalue weighted by Gasteiger charge is -2.35. The molecule has 2 rings (SSSR count). The van der Waals surface area contributed by atoms with Crippen LogP contribution in [0.25, 0.3) is 0 Å². The van der Waals surface area contributed by atoms with Crippen LogP contribution in [0.3, 0.4) is 0 Å². The zero-order valence-electron chi connectivity index (χ0n) is 18.1. The number of morpholine rings is 1. The average Bonchev–Trinajstić information content (AvgIpc) is 3.07. The first kappa shape index (κ1) is 25.7. The van der Waals surface area contributed by atoms with Gasteiger partial charge in [0.15, 0.2) is 5.96 Å². The van der Waals surface area contributed by atoms with Gasteiger partial charge in [0.2, 0.25) is 0 Å². The Balaban J connectivity index is 0.00000420. The molecular formula is C20H35IN4O4. The number of hydrogen-bond donors (Lipinski definition) is 2. The summed E-state index contributed by atoms with van der Waals surface area (Å²) in [6, 6.07) is 2.13. The van der Waals surface area contributed by atoms with Gasteiger partial charge in [0.1, 0.15) is 17.1 Å². The number of hydrogen-bond acceptors (Lipinski definition) is 6. The molecule has 29 heavy (non-hydrogen) atoms. The Morgan fingerprint density at radius 3 is 2.59 bits per heavy atom. The first-order chi connectivity index (χ1) is 13.4. The molecule has 1 aliphatic heterocycles. The molecule has 166 valence electrons. The number of carbonyl (C=O) groups excluding carboxylic acids is 1. The molecule has 0 amide bonds. The molecule has 9 heteroatoms. The van der Waals surface area contributed by atoms with Gasteiger partial charge >= 0.3 is 5.97 Å². The highest BCUT2D eigenvalue weighted by Crippen LogP contribution is 2.16. The largest absolute Gasteiger partial charge is 0.465 e. The van der Waals surface area contributed by atoms with Crippen LogP contribution in [0.5, 0.6) is 0 Å². The second-order valence-electron chi connectivity index (χ2n) is 7.41. The summed E-state index contributed by atoms with van der Waals surface area (Å²) in [4.78, 5) is 18.5. The van der Waals surface area contributed by atoms with Crippen LogP contribution < -0.4 is 10.6 Å². The van der Waals surface area contributed by atoms with Crippen molar-refractivity contribution in [2.45, 2.75) is 39.8 Å². The Morgan fingerprint density at radius 1 is 1.31 bits per heavy atom. The third-order valence-corrected chi connectivity index (χ3v) is 4.84. The first-order valence-corrected chi connectivity index (χ1v) is 9.88. The Kier molecular flexibility index (Phi) is 11.6. The molecule has 8 nitrogen and oxygen atoms in total. The molecule has 0 aliphatic carbocycles.